The topological polar surface area (TPSA) is 91.2 Å². The summed E-state index contributed by atoms with van der Waals surface area (Å²) in [6, 6.07) is 11.0. The molecule has 0 bridgehead atoms. The average Bonchev–Trinajstić information content (AvgIpc) is 3.34. The fraction of sp³-hybridized carbons (Fsp3) is 0.238. The molecule has 0 radical (unpaired) electrons. The molecule has 4 rings (SSSR count). The van der Waals surface area contributed by atoms with Gasteiger partial charge in [0, 0.05) is 11.6 Å². The minimum absolute atomic E-state index is 0.122. The molecule has 0 aliphatic rings. The number of aromatic nitrogens is 4. The maximum absolute atomic E-state index is 12.3. The molecule has 0 atom stereocenters. The third-order valence-electron chi connectivity index (χ3n) is 4.65. The van der Waals surface area contributed by atoms with Crippen LogP contribution in [-0.2, 0) is 17.9 Å². The summed E-state index contributed by atoms with van der Waals surface area (Å²) in [5.41, 5.74) is 4.03. The molecule has 4 aromatic rings. The number of anilines is 1. The lowest BCUT2D eigenvalue weighted by Crippen LogP contribution is -2.13. The van der Waals surface area contributed by atoms with Gasteiger partial charge in [0.25, 0.3) is 0 Å². The minimum Gasteiger partial charge on any atom is -0.496 e. The van der Waals surface area contributed by atoms with Crippen LogP contribution in [0.3, 0.4) is 0 Å². The van der Waals surface area contributed by atoms with E-state index < -0.39 is 6.09 Å². The molecule has 0 unspecified atom stereocenters. The Morgan fingerprint density at radius 1 is 1.26 bits per heavy atom. The largest absolute Gasteiger partial charge is 0.496 e. The lowest BCUT2D eigenvalue weighted by atomic mass is 10.2. The van der Waals surface area contributed by atoms with Crippen LogP contribution in [0.5, 0.6) is 5.75 Å². The fourth-order valence-corrected chi connectivity index (χ4v) is 4.23. The number of hydrogen-bond acceptors (Lipinski definition) is 7. The average molecular weight is 458 g/mol. The lowest BCUT2D eigenvalue weighted by Gasteiger charge is -2.06. The summed E-state index contributed by atoms with van der Waals surface area (Å²) in [4.78, 5) is 16.9. The summed E-state index contributed by atoms with van der Waals surface area (Å²) in [7, 11) is 1.58. The number of ether oxygens (including phenoxy) is 2. The second-order valence-corrected chi connectivity index (χ2v) is 8.14. The van der Waals surface area contributed by atoms with Crippen molar-refractivity contribution in [1.82, 2.24) is 20.0 Å². The first kappa shape index (κ1) is 21.1. The van der Waals surface area contributed by atoms with E-state index in [2.05, 4.69) is 20.6 Å². The number of methoxy groups -OCH3 is 1. The van der Waals surface area contributed by atoms with Crippen molar-refractivity contribution >= 4 is 45.1 Å². The number of rotatable bonds is 6. The molecule has 0 aliphatic heterocycles. The number of carbonyl (C=O) groups is 1. The first-order chi connectivity index (χ1) is 15.0. The number of amides is 1. The Labute approximate surface area is 187 Å². The van der Waals surface area contributed by atoms with Gasteiger partial charge in [-0.3, -0.25) is 5.32 Å². The molecule has 2 heterocycles. The molecular formula is C21H20ClN5O3S. The van der Waals surface area contributed by atoms with E-state index in [1.54, 1.807) is 19.2 Å². The standard InChI is InChI=1S/C21H20ClN5O3S/c1-4-27-17-8-5-13(9-16(17)25-26-27)11-30-21(28)24-19-12(2)23-20(31-19)15-7-6-14(22)10-18(15)29-3/h5-10H,4,11H2,1-3H3,(H,24,28). The predicted octanol–water partition coefficient (Wildman–Crippen LogP) is 5.29. The highest BCUT2D eigenvalue weighted by atomic mass is 35.5. The molecule has 0 fully saturated rings. The summed E-state index contributed by atoms with van der Waals surface area (Å²) in [6.07, 6.45) is -0.557. The zero-order chi connectivity index (χ0) is 22.0. The Morgan fingerprint density at radius 3 is 2.87 bits per heavy atom. The van der Waals surface area contributed by atoms with Crippen molar-refractivity contribution in [3.05, 3.63) is 52.7 Å². The van der Waals surface area contributed by atoms with E-state index >= 15 is 0 Å². The van der Waals surface area contributed by atoms with E-state index in [0.29, 0.717) is 26.5 Å². The van der Waals surface area contributed by atoms with Gasteiger partial charge >= 0.3 is 6.09 Å². The zero-order valence-electron chi connectivity index (χ0n) is 17.2. The second-order valence-electron chi connectivity index (χ2n) is 6.71. The van der Waals surface area contributed by atoms with Crippen molar-refractivity contribution < 1.29 is 14.3 Å². The van der Waals surface area contributed by atoms with Crippen LogP contribution in [0.25, 0.3) is 21.6 Å². The van der Waals surface area contributed by atoms with E-state index in [4.69, 9.17) is 21.1 Å². The van der Waals surface area contributed by atoms with Crippen LogP contribution in [0.4, 0.5) is 9.80 Å². The van der Waals surface area contributed by atoms with Crippen LogP contribution in [0, 0.1) is 6.92 Å². The smallest absolute Gasteiger partial charge is 0.412 e. The van der Waals surface area contributed by atoms with Crippen LogP contribution in [0.1, 0.15) is 18.2 Å². The van der Waals surface area contributed by atoms with Gasteiger partial charge in [-0.1, -0.05) is 34.2 Å². The summed E-state index contributed by atoms with van der Waals surface area (Å²) >= 11 is 7.37. The number of thiazole rings is 1. The van der Waals surface area contributed by atoms with Crippen LogP contribution < -0.4 is 10.1 Å². The highest BCUT2D eigenvalue weighted by Gasteiger charge is 2.16. The van der Waals surface area contributed by atoms with Gasteiger partial charge in [-0.15, -0.1) is 5.10 Å². The molecule has 2 aromatic carbocycles. The van der Waals surface area contributed by atoms with Gasteiger partial charge in [0.1, 0.15) is 27.9 Å². The van der Waals surface area contributed by atoms with E-state index in [-0.39, 0.29) is 6.61 Å². The van der Waals surface area contributed by atoms with Crippen molar-refractivity contribution in [3.8, 4) is 16.3 Å². The van der Waals surface area contributed by atoms with Crippen molar-refractivity contribution in [2.45, 2.75) is 27.0 Å². The quantitative estimate of drug-likeness (QED) is 0.422. The summed E-state index contributed by atoms with van der Waals surface area (Å²) in [5.74, 6) is 0.616. The molecule has 0 spiro atoms. The molecule has 0 saturated heterocycles. The van der Waals surface area contributed by atoms with Gasteiger partial charge in [-0.2, -0.15) is 0 Å². The fourth-order valence-electron chi connectivity index (χ4n) is 3.09. The van der Waals surface area contributed by atoms with Crippen molar-refractivity contribution in [2.24, 2.45) is 0 Å². The first-order valence-electron chi connectivity index (χ1n) is 9.55. The molecule has 0 aliphatic carbocycles. The normalized spacial score (nSPS) is 11.0. The number of fused-ring (bicyclic) bond motifs is 1. The number of benzene rings is 2. The van der Waals surface area contributed by atoms with Gasteiger partial charge in [0.2, 0.25) is 0 Å². The Hall–Kier alpha value is -3.17. The van der Waals surface area contributed by atoms with Crippen LogP contribution in [0.15, 0.2) is 36.4 Å². The van der Waals surface area contributed by atoms with Crippen molar-refractivity contribution in [2.75, 3.05) is 12.4 Å². The molecule has 2 aromatic heterocycles. The number of hydrogen-bond donors (Lipinski definition) is 1. The van der Waals surface area contributed by atoms with Gasteiger partial charge in [0.05, 0.1) is 23.9 Å². The van der Waals surface area contributed by atoms with Crippen LogP contribution in [-0.4, -0.2) is 33.2 Å². The second kappa shape index (κ2) is 8.91. The van der Waals surface area contributed by atoms with Crippen molar-refractivity contribution in [3.63, 3.8) is 0 Å². The van der Waals surface area contributed by atoms with Gasteiger partial charge in [-0.05, 0) is 49.7 Å². The van der Waals surface area contributed by atoms with Gasteiger partial charge in [-0.25, -0.2) is 14.5 Å². The molecule has 1 amide bonds. The highest BCUT2D eigenvalue weighted by Crippen LogP contribution is 2.38. The molecule has 1 N–H and O–H groups in total. The van der Waals surface area contributed by atoms with Crippen LogP contribution >= 0.6 is 22.9 Å². The molecule has 160 valence electrons. The highest BCUT2D eigenvalue weighted by molar-refractivity contribution is 7.19. The SMILES string of the molecule is CCn1nnc2cc(COC(=O)Nc3sc(-c4ccc(Cl)cc4OC)nc3C)ccc21. The summed E-state index contributed by atoms with van der Waals surface area (Å²) in [6.45, 7) is 4.69. The van der Waals surface area contributed by atoms with Gasteiger partial charge < -0.3 is 9.47 Å². The first-order valence-corrected chi connectivity index (χ1v) is 10.7. The number of aryl methyl sites for hydroxylation is 2. The Kier molecular flexibility index (Phi) is 6.06. The molecule has 10 heteroatoms. The van der Waals surface area contributed by atoms with E-state index in [9.17, 15) is 4.79 Å². The Bertz CT molecular complexity index is 1250. The van der Waals surface area contributed by atoms with E-state index in [1.165, 1.54) is 11.3 Å². The van der Waals surface area contributed by atoms with E-state index in [1.807, 2.05) is 42.8 Å². The number of halogens is 1. The van der Waals surface area contributed by atoms with Crippen LogP contribution in [0.2, 0.25) is 5.02 Å². The Morgan fingerprint density at radius 2 is 2.10 bits per heavy atom. The lowest BCUT2D eigenvalue weighted by molar-refractivity contribution is 0.155. The molecule has 0 saturated carbocycles. The molecule has 8 nitrogen and oxygen atoms in total. The maximum Gasteiger partial charge on any atom is 0.412 e. The third kappa shape index (κ3) is 4.47. The third-order valence-corrected chi connectivity index (χ3v) is 6.00. The molecular weight excluding hydrogens is 438 g/mol. The predicted molar refractivity (Wildman–Crippen MR) is 121 cm³/mol. The number of nitrogens with one attached hydrogen (secondary N) is 1. The number of nitrogens with zero attached hydrogens (tertiary/aromatic N) is 4. The van der Waals surface area contributed by atoms with Crippen molar-refractivity contribution in [1.29, 1.82) is 0 Å². The number of carbonyl (C=O) groups excluding carboxylic acids is 1. The van der Waals surface area contributed by atoms with Gasteiger partial charge in [0.15, 0.2) is 0 Å². The molecule has 31 heavy (non-hydrogen) atoms. The zero-order valence-corrected chi connectivity index (χ0v) is 18.8. The Balaban J connectivity index is 1.43. The summed E-state index contributed by atoms with van der Waals surface area (Å²) < 4.78 is 12.6. The minimum atomic E-state index is -0.557. The summed E-state index contributed by atoms with van der Waals surface area (Å²) in [5, 5.41) is 12.9. The van der Waals surface area contributed by atoms with E-state index in [0.717, 1.165) is 28.7 Å². The monoisotopic (exact) mass is 457 g/mol. The maximum atomic E-state index is 12.3.